The van der Waals surface area contributed by atoms with Crippen molar-refractivity contribution in [1.82, 2.24) is 24.1 Å². The van der Waals surface area contributed by atoms with Crippen molar-refractivity contribution in [2.75, 3.05) is 6.61 Å². The van der Waals surface area contributed by atoms with Crippen LogP contribution < -0.4 is 4.74 Å². The summed E-state index contributed by atoms with van der Waals surface area (Å²) in [5.41, 5.74) is 3.62. The molecule has 3 aromatic carbocycles. The van der Waals surface area contributed by atoms with Crippen LogP contribution in [-0.2, 0) is 64.5 Å². The number of carbonyl (C=O) groups is 1. The Kier molecular flexibility index (Phi) is 8.31. The first-order valence-electron chi connectivity index (χ1n) is 15.8. The van der Waals surface area contributed by atoms with Crippen LogP contribution in [0.4, 0.5) is 0 Å². The summed E-state index contributed by atoms with van der Waals surface area (Å²) < 4.78 is 65.9. The number of hydrogen-bond donors (Lipinski definition) is 1. The second-order valence-electron chi connectivity index (χ2n) is 12.7. The number of halogens is 1. The molecule has 50 heavy (non-hydrogen) atoms. The molecule has 0 saturated carbocycles. The Labute approximate surface area is 293 Å². The van der Waals surface area contributed by atoms with E-state index in [0.717, 1.165) is 5.39 Å². The van der Waals surface area contributed by atoms with E-state index in [0.29, 0.717) is 68.0 Å². The maximum Gasteiger partial charge on any atom is 0.352 e. The predicted molar refractivity (Wildman–Crippen MR) is 190 cm³/mol. The molecular formula is C35H34ClN5O7S2. The van der Waals surface area contributed by atoms with Crippen molar-refractivity contribution in [3.8, 4) is 16.9 Å². The zero-order chi connectivity index (χ0) is 35.7. The summed E-state index contributed by atoms with van der Waals surface area (Å²) in [6.45, 7) is 1.98. The molecule has 4 heterocycles. The van der Waals surface area contributed by atoms with E-state index in [1.807, 2.05) is 24.3 Å². The highest BCUT2D eigenvalue weighted by Crippen LogP contribution is 2.42. The second-order valence-corrected chi connectivity index (χ2v) is 17.1. The van der Waals surface area contributed by atoms with Gasteiger partial charge in [-0.3, -0.25) is 9.36 Å². The lowest BCUT2D eigenvalue weighted by atomic mass is 9.98. The maximum absolute atomic E-state index is 13.8. The van der Waals surface area contributed by atoms with Crippen LogP contribution in [0.5, 0.6) is 5.75 Å². The smallest absolute Gasteiger partial charge is 0.352 e. The lowest BCUT2D eigenvalue weighted by molar-refractivity contribution is 0.0685. The number of nitrogens with zero attached hydrogens (tertiary/aromatic N) is 5. The van der Waals surface area contributed by atoms with Crippen LogP contribution in [0.15, 0.2) is 59.5 Å². The van der Waals surface area contributed by atoms with E-state index in [1.54, 1.807) is 55.5 Å². The number of rotatable bonds is 1. The number of aryl methyl sites for hydroxylation is 4. The molecule has 0 amide bonds. The quantitative estimate of drug-likeness (QED) is 0.229. The van der Waals surface area contributed by atoms with E-state index < -0.39 is 42.9 Å². The van der Waals surface area contributed by atoms with Crippen LogP contribution in [0.25, 0.3) is 32.8 Å². The summed E-state index contributed by atoms with van der Waals surface area (Å²) in [7, 11) is -2.89. The molecule has 0 atom stereocenters. The summed E-state index contributed by atoms with van der Waals surface area (Å²) in [6.07, 6.45) is 0.738. The van der Waals surface area contributed by atoms with E-state index in [4.69, 9.17) is 16.3 Å². The van der Waals surface area contributed by atoms with E-state index in [1.165, 1.54) is 16.8 Å². The molecular weight excluding hydrogens is 702 g/mol. The normalized spacial score (nSPS) is 16.2. The van der Waals surface area contributed by atoms with Crippen molar-refractivity contribution >= 4 is 58.9 Å². The molecule has 1 aliphatic rings. The number of benzene rings is 3. The molecule has 6 aromatic rings. The Morgan fingerprint density at radius 2 is 1.66 bits per heavy atom. The fourth-order valence-corrected chi connectivity index (χ4v) is 9.96. The molecule has 8 bridgehead atoms. The summed E-state index contributed by atoms with van der Waals surface area (Å²) in [5, 5.41) is 21.7. The average molecular weight is 736 g/mol. The number of fused-ring (bicyclic) bond motifs is 8. The molecule has 7 rings (SSSR count). The molecule has 260 valence electrons. The molecule has 0 fully saturated rings. The van der Waals surface area contributed by atoms with E-state index >= 15 is 0 Å². The van der Waals surface area contributed by atoms with E-state index in [2.05, 4.69) is 10.2 Å². The van der Waals surface area contributed by atoms with Gasteiger partial charge in [0.1, 0.15) is 11.4 Å². The van der Waals surface area contributed by atoms with Gasteiger partial charge in [-0.25, -0.2) is 21.6 Å². The number of aromatic carboxylic acids is 1. The van der Waals surface area contributed by atoms with Gasteiger partial charge in [0.15, 0.2) is 19.7 Å². The van der Waals surface area contributed by atoms with Gasteiger partial charge in [0.2, 0.25) is 0 Å². The van der Waals surface area contributed by atoms with Crippen molar-refractivity contribution in [1.29, 1.82) is 0 Å². The number of aromatic nitrogens is 5. The Balaban J connectivity index is 1.44. The number of ether oxygens (including phenoxy) is 1. The minimum atomic E-state index is -3.93. The summed E-state index contributed by atoms with van der Waals surface area (Å²) >= 11 is 6.88. The molecule has 0 radical (unpaired) electrons. The molecule has 1 N–H and O–H groups in total. The Hall–Kier alpha value is -4.66. The summed E-state index contributed by atoms with van der Waals surface area (Å²) in [6, 6.07) is 15.4. The molecule has 0 unspecified atom stereocenters. The minimum absolute atomic E-state index is 0.0529. The van der Waals surface area contributed by atoms with Crippen LogP contribution in [0.2, 0.25) is 5.02 Å². The van der Waals surface area contributed by atoms with Crippen molar-refractivity contribution in [2.45, 2.75) is 41.9 Å². The average Bonchev–Trinajstić information content (AvgIpc) is 3.62. The second kappa shape index (κ2) is 12.3. The zero-order valence-electron chi connectivity index (χ0n) is 27.8. The first kappa shape index (κ1) is 33.8. The molecule has 0 aliphatic carbocycles. The fraction of sp³-hybridized carbons (Fsp3) is 0.286. The van der Waals surface area contributed by atoms with Crippen LogP contribution >= 0.6 is 11.6 Å². The van der Waals surface area contributed by atoms with Crippen molar-refractivity contribution in [3.05, 3.63) is 93.7 Å². The highest BCUT2D eigenvalue weighted by molar-refractivity contribution is 7.90. The Morgan fingerprint density at radius 3 is 2.42 bits per heavy atom. The van der Waals surface area contributed by atoms with Crippen LogP contribution in [0.1, 0.15) is 45.2 Å². The standard InChI is InChI=1S/C35H34ClN5O7S2/c1-20-31-29(38-40(20)3)19-49(44,45)17-22-15-23(41(4)37-22)18-50(46,47)24-14-21-8-5-6-9-25(21)30(16-24)48-13-7-10-26-27-11-12-28(36)32(31)33(27)39(2)34(26)35(42)43/h5-6,8-9,11-12,14-16H,7,10,13,17-19H2,1-4H3,(H,42,43). The largest absolute Gasteiger partial charge is 0.493 e. The maximum atomic E-state index is 13.8. The van der Waals surface area contributed by atoms with Gasteiger partial charge >= 0.3 is 5.97 Å². The van der Waals surface area contributed by atoms with Crippen molar-refractivity contribution < 1.29 is 31.5 Å². The predicted octanol–water partition coefficient (Wildman–Crippen LogP) is 5.54. The van der Waals surface area contributed by atoms with E-state index in [9.17, 15) is 26.7 Å². The Morgan fingerprint density at radius 1 is 0.900 bits per heavy atom. The zero-order valence-corrected chi connectivity index (χ0v) is 30.2. The lowest BCUT2D eigenvalue weighted by Gasteiger charge is -2.13. The monoisotopic (exact) mass is 735 g/mol. The van der Waals surface area contributed by atoms with Gasteiger partial charge in [-0.1, -0.05) is 41.9 Å². The van der Waals surface area contributed by atoms with Crippen molar-refractivity contribution in [2.24, 2.45) is 21.1 Å². The molecule has 0 saturated heterocycles. The number of hydrogen-bond acceptors (Lipinski definition) is 8. The Bertz CT molecular complexity index is 2600. The van der Waals surface area contributed by atoms with Gasteiger partial charge in [0.05, 0.1) is 56.4 Å². The summed E-state index contributed by atoms with van der Waals surface area (Å²) in [4.78, 5) is 12.8. The third-order valence-corrected chi connectivity index (χ3v) is 12.7. The number of carboxylic acids is 1. The number of sulfone groups is 2. The third kappa shape index (κ3) is 5.84. The highest BCUT2D eigenvalue weighted by atomic mass is 35.5. The molecule has 0 spiro atoms. The first-order chi connectivity index (χ1) is 23.6. The molecule has 1 aliphatic heterocycles. The SMILES string of the molecule is Cc1c2c(nn1C)CS(=O)(=O)Cc1cc(n(C)n1)CS(=O)(=O)c1cc(c3ccccc3c1)OCCCc1c(C(=O)O)n(C)c3c-2c(Cl)ccc13. The number of carboxylic acid groups (broad SMARTS) is 1. The van der Waals surface area contributed by atoms with Gasteiger partial charge in [-0.15, -0.1) is 0 Å². The fourth-order valence-electron chi connectivity index (χ4n) is 6.99. The van der Waals surface area contributed by atoms with Crippen LogP contribution in [0.3, 0.4) is 0 Å². The topological polar surface area (TPSA) is 155 Å². The van der Waals surface area contributed by atoms with Crippen molar-refractivity contribution in [3.63, 3.8) is 0 Å². The first-order valence-corrected chi connectivity index (χ1v) is 19.7. The van der Waals surface area contributed by atoms with Gasteiger partial charge < -0.3 is 14.4 Å². The molecule has 12 nitrogen and oxygen atoms in total. The lowest BCUT2D eigenvalue weighted by Crippen LogP contribution is -2.10. The minimum Gasteiger partial charge on any atom is -0.493 e. The highest BCUT2D eigenvalue weighted by Gasteiger charge is 2.30. The summed E-state index contributed by atoms with van der Waals surface area (Å²) in [5.74, 6) is -2.07. The molecule has 15 heteroatoms. The molecule has 3 aromatic heterocycles. The van der Waals surface area contributed by atoms with Gasteiger partial charge in [0.25, 0.3) is 0 Å². The van der Waals surface area contributed by atoms with Gasteiger partial charge in [-0.2, -0.15) is 10.2 Å². The third-order valence-electron chi connectivity index (χ3n) is 9.34. The van der Waals surface area contributed by atoms with Crippen LogP contribution in [0, 0.1) is 6.92 Å². The van der Waals surface area contributed by atoms with E-state index in [-0.39, 0.29) is 28.6 Å². The van der Waals surface area contributed by atoms with Gasteiger partial charge in [-0.05, 0) is 55.0 Å². The van der Waals surface area contributed by atoms with Gasteiger partial charge in [0, 0.05) is 48.7 Å². The van der Waals surface area contributed by atoms with Crippen LogP contribution in [-0.4, -0.2) is 58.6 Å².